The highest BCUT2D eigenvalue weighted by Crippen LogP contribution is 2.28. The molecule has 1 aromatic heterocycles. The van der Waals surface area contributed by atoms with Crippen molar-refractivity contribution in [2.24, 2.45) is 5.92 Å². The first kappa shape index (κ1) is 10.3. The van der Waals surface area contributed by atoms with Crippen molar-refractivity contribution >= 4 is 11.4 Å². The van der Waals surface area contributed by atoms with Crippen molar-refractivity contribution in [3.63, 3.8) is 0 Å². The molecule has 0 radical (unpaired) electrons. The molecule has 2 atom stereocenters. The van der Waals surface area contributed by atoms with Gasteiger partial charge < -0.3 is 11.1 Å². The van der Waals surface area contributed by atoms with Crippen LogP contribution >= 0.6 is 0 Å². The molecule has 15 heavy (non-hydrogen) atoms. The lowest BCUT2D eigenvalue weighted by Crippen LogP contribution is -2.30. The van der Waals surface area contributed by atoms with Gasteiger partial charge in [0.25, 0.3) is 0 Å². The normalized spacial score (nSPS) is 26.2. The molecule has 0 bridgehead atoms. The van der Waals surface area contributed by atoms with Gasteiger partial charge in [0, 0.05) is 12.2 Å². The Morgan fingerprint density at radius 1 is 1.40 bits per heavy atom. The van der Waals surface area contributed by atoms with Crippen LogP contribution in [0.2, 0.25) is 0 Å². The van der Waals surface area contributed by atoms with Crippen LogP contribution in [0.5, 0.6) is 0 Å². The van der Waals surface area contributed by atoms with Crippen molar-refractivity contribution in [1.29, 1.82) is 0 Å². The molecule has 3 N–H and O–H groups in total. The van der Waals surface area contributed by atoms with E-state index in [1.165, 1.54) is 25.7 Å². The largest absolute Gasteiger partial charge is 0.396 e. The van der Waals surface area contributed by atoms with E-state index >= 15 is 0 Å². The number of nitrogens with one attached hydrogen (secondary N) is 1. The molecule has 3 heteroatoms. The van der Waals surface area contributed by atoms with Crippen LogP contribution < -0.4 is 11.1 Å². The van der Waals surface area contributed by atoms with Crippen LogP contribution in [0.3, 0.4) is 0 Å². The number of nitrogen functional groups attached to an aromatic ring is 1. The standard InChI is InChI=1S/C12H19N3/c1-9-4-2-3-5-11(9)15-12-6-7-14-8-10(12)13/h6-9,11H,2-5,13H2,1H3,(H,14,15). The van der Waals surface area contributed by atoms with E-state index < -0.39 is 0 Å². The second-order valence-electron chi connectivity index (χ2n) is 4.48. The number of rotatable bonds is 2. The van der Waals surface area contributed by atoms with E-state index in [1.807, 2.05) is 6.07 Å². The van der Waals surface area contributed by atoms with Crippen LogP contribution in [0.25, 0.3) is 0 Å². The van der Waals surface area contributed by atoms with E-state index in [2.05, 4.69) is 17.2 Å². The van der Waals surface area contributed by atoms with Crippen molar-refractivity contribution in [1.82, 2.24) is 4.98 Å². The first-order chi connectivity index (χ1) is 7.27. The molecule has 3 nitrogen and oxygen atoms in total. The zero-order valence-corrected chi connectivity index (χ0v) is 9.24. The van der Waals surface area contributed by atoms with E-state index in [0.717, 1.165) is 17.3 Å². The van der Waals surface area contributed by atoms with Crippen molar-refractivity contribution in [2.75, 3.05) is 11.1 Å². The Bertz CT molecular complexity index is 324. The summed E-state index contributed by atoms with van der Waals surface area (Å²) in [5.74, 6) is 0.742. The number of pyridine rings is 1. The topological polar surface area (TPSA) is 50.9 Å². The molecule has 0 amide bonds. The highest BCUT2D eigenvalue weighted by Gasteiger charge is 2.21. The maximum absolute atomic E-state index is 5.86. The average Bonchev–Trinajstić information content (AvgIpc) is 2.24. The lowest BCUT2D eigenvalue weighted by atomic mass is 9.86. The number of hydrogen-bond donors (Lipinski definition) is 2. The summed E-state index contributed by atoms with van der Waals surface area (Å²) in [5, 5.41) is 3.53. The molecule has 0 aromatic carbocycles. The fraction of sp³-hybridized carbons (Fsp3) is 0.583. The number of nitrogens with two attached hydrogens (primary N) is 1. The molecule has 0 spiro atoms. The van der Waals surface area contributed by atoms with Crippen molar-refractivity contribution < 1.29 is 0 Å². The van der Waals surface area contributed by atoms with Crippen molar-refractivity contribution in [2.45, 2.75) is 38.6 Å². The molecule has 2 rings (SSSR count). The molecule has 1 aliphatic rings. The number of aromatic nitrogens is 1. The summed E-state index contributed by atoms with van der Waals surface area (Å²) in [7, 11) is 0. The third-order valence-electron chi connectivity index (χ3n) is 3.30. The van der Waals surface area contributed by atoms with Gasteiger partial charge in [-0.3, -0.25) is 4.98 Å². The highest BCUT2D eigenvalue weighted by atomic mass is 14.9. The summed E-state index contributed by atoms with van der Waals surface area (Å²) < 4.78 is 0. The van der Waals surface area contributed by atoms with Gasteiger partial charge in [-0.25, -0.2) is 0 Å². The second-order valence-corrected chi connectivity index (χ2v) is 4.48. The molecule has 0 saturated heterocycles. The van der Waals surface area contributed by atoms with Gasteiger partial charge in [0.2, 0.25) is 0 Å². The molecule has 1 aromatic rings. The Kier molecular flexibility index (Phi) is 3.09. The molecule has 1 aliphatic carbocycles. The summed E-state index contributed by atoms with van der Waals surface area (Å²) >= 11 is 0. The quantitative estimate of drug-likeness (QED) is 0.780. The summed E-state index contributed by atoms with van der Waals surface area (Å²) in [6.45, 7) is 2.31. The van der Waals surface area contributed by atoms with Crippen LogP contribution in [0, 0.1) is 5.92 Å². The zero-order chi connectivity index (χ0) is 10.7. The Hall–Kier alpha value is -1.25. The first-order valence-corrected chi connectivity index (χ1v) is 5.73. The van der Waals surface area contributed by atoms with Crippen LogP contribution in [0.15, 0.2) is 18.5 Å². The summed E-state index contributed by atoms with van der Waals surface area (Å²) in [4.78, 5) is 3.99. The Balaban J connectivity index is 2.04. The van der Waals surface area contributed by atoms with Gasteiger partial charge in [-0.15, -0.1) is 0 Å². The maximum Gasteiger partial charge on any atom is 0.0736 e. The van der Waals surface area contributed by atoms with Gasteiger partial charge in [0.05, 0.1) is 17.6 Å². The predicted octanol–water partition coefficient (Wildman–Crippen LogP) is 2.65. The van der Waals surface area contributed by atoms with Gasteiger partial charge in [0.1, 0.15) is 0 Å². The summed E-state index contributed by atoms with van der Waals surface area (Å²) in [6, 6.07) is 2.53. The highest BCUT2D eigenvalue weighted by molar-refractivity contribution is 5.64. The van der Waals surface area contributed by atoms with Crippen molar-refractivity contribution in [3.05, 3.63) is 18.5 Å². The van der Waals surface area contributed by atoms with Gasteiger partial charge >= 0.3 is 0 Å². The average molecular weight is 205 g/mol. The molecule has 0 aliphatic heterocycles. The minimum absolute atomic E-state index is 0.573. The van der Waals surface area contributed by atoms with Gasteiger partial charge in [0.15, 0.2) is 0 Å². The van der Waals surface area contributed by atoms with Crippen LogP contribution in [-0.2, 0) is 0 Å². The van der Waals surface area contributed by atoms with Crippen molar-refractivity contribution in [3.8, 4) is 0 Å². The van der Waals surface area contributed by atoms with Gasteiger partial charge in [-0.1, -0.05) is 19.8 Å². The molecule has 82 valence electrons. The van der Waals surface area contributed by atoms with Crippen LogP contribution in [0.4, 0.5) is 11.4 Å². The predicted molar refractivity (Wildman–Crippen MR) is 63.7 cm³/mol. The molecular formula is C12H19N3. The van der Waals surface area contributed by atoms with Gasteiger partial charge in [-0.05, 0) is 24.8 Å². The third-order valence-corrected chi connectivity index (χ3v) is 3.30. The van der Waals surface area contributed by atoms with E-state index in [1.54, 1.807) is 12.4 Å². The maximum atomic E-state index is 5.86. The van der Waals surface area contributed by atoms with Crippen LogP contribution in [0.1, 0.15) is 32.6 Å². The number of hydrogen-bond acceptors (Lipinski definition) is 3. The molecule has 1 fully saturated rings. The minimum atomic E-state index is 0.573. The van der Waals surface area contributed by atoms with E-state index in [9.17, 15) is 0 Å². The lowest BCUT2D eigenvalue weighted by molar-refractivity contribution is 0.349. The summed E-state index contributed by atoms with van der Waals surface area (Å²) in [5.41, 5.74) is 7.64. The third kappa shape index (κ3) is 2.41. The monoisotopic (exact) mass is 205 g/mol. The fourth-order valence-corrected chi connectivity index (χ4v) is 2.27. The number of nitrogens with zero attached hydrogens (tertiary/aromatic N) is 1. The Morgan fingerprint density at radius 3 is 2.93 bits per heavy atom. The fourth-order valence-electron chi connectivity index (χ4n) is 2.27. The SMILES string of the molecule is CC1CCCCC1Nc1ccncc1N. The lowest BCUT2D eigenvalue weighted by Gasteiger charge is -2.30. The van der Waals surface area contributed by atoms with Crippen LogP contribution in [-0.4, -0.2) is 11.0 Å². The Labute approximate surface area is 91.1 Å². The first-order valence-electron chi connectivity index (χ1n) is 5.73. The van der Waals surface area contributed by atoms with E-state index in [-0.39, 0.29) is 0 Å². The Morgan fingerprint density at radius 2 is 2.20 bits per heavy atom. The van der Waals surface area contributed by atoms with Gasteiger partial charge in [-0.2, -0.15) is 0 Å². The van der Waals surface area contributed by atoms with E-state index in [0.29, 0.717) is 6.04 Å². The molecule has 1 saturated carbocycles. The molecule has 1 heterocycles. The molecule has 2 unspecified atom stereocenters. The molecular weight excluding hydrogens is 186 g/mol. The van der Waals surface area contributed by atoms with E-state index in [4.69, 9.17) is 5.73 Å². The smallest absolute Gasteiger partial charge is 0.0736 e. The zero-order valence-electron chi connectivity index (χ0n) is 9.24. The summed E-state index contributed by atoms with van der Waals surface area (Å²) in [6.07, 6.45) is 8.76. The second kappa shape index (κ2) is 4.51. The minimum Gasteiger partial charge on any atom is -0.396 e. The number of anilines is 2.